The van der Waals surface area contributed by atoms with Crippen molar-refractivity contribution in [3.63, 3.8) is 0 Å². The molecule has 0 fully saturated rings. The monoisotopic (exact) mass is 298 g/mol. The first-order chi connectivity index (χ1) is 9.65. The molecule has 0 saturated heterocycles. The second kappa shape index (κ2) is 6.53. The van der Waals surface area contributed by atoms with Crippen molar-refractivity contribution < 1.29 is 9.66 Å². The van der Waals surface area contributed by atoms with Crippen molar-refractivity contribution in [2.24, 2.45) is 0 Å². The average molecular weight is 299 g/mol. The molecule has 7 nitrogen and oxygen atoms in total. The van der Waals surface area contributed by atoms with Gasteiger partial charge >= 0.3 is 0 Å². The molecule has 20 heavy (non-hydrogen) atoms. The Morgan fingerprint density at radius 3 is 2.95 bits per heavy atom. The maximum atomic E-state index is 10.8. The zero-order valence-corrected chi connectivity index (χ0v) is 11.8. The third-order valence-corrected chi connectivity index (χ3v) is 3.05. The van der Waals surface area contributed by atoms with Crippen LogP contribution in [0, 0.1) is 10.1 Å². The smallest absolute Gasteiger partial charge is 0.271 e. The summed E-state index contributed by atoms with van der Waals surface area (Å²) in [5.74, 6) is 1.10. The van der Waals surface area contributed by atoms with E-state index in [2.05, 4.69) is 9.97 Å². The molecule has 1 N–H and O–H groups in total. The molecule has 0 atom stereocenters. The number of aromatic amines is 1. The number of nitro benzene ring substituents is 1. The van der Waals surface area contributed by atoms with Crippen molar-refractivity contribution in [3.8, 4) is 0 Å². The number of imidazole rings is 1. The fraction of sp³-hybridized carbons (Fsp3) is 0.417. The summed E-state index contributed by atoms with van der Waals surface area (Å²) in [4.78, 5) is 19.8. The molecule has 1 heterocycles. The lowest BCUT2D eigenvalue weighted by Gasteiger charge is -2.19. The number of nitrogens with zero attached hydrogens (tertiary/aromatic N) is 3. The van der Waals surface area contributed by atoms with Gasteiger partial charge in [-0.05, 0) is 6.07 Å². The van der Waals surface area contributed by atoms with Crippen molar-refractivity contribution in [1.82, 2.24) is 9.97 Å². The molecular weight excluding hydrogens is 284 g/mol. The van der Waals surface area contributed by atoms with Gasteiger partial charge in [-0.25, -0.2) is 4.98 Å². The zero-order chi connectivity index (χ0) is 14.5. The lowest BCUT2D eigenvalue weighted by atomic mass is 10.3. The van der Waals surface area contributed by atoms with Crippen LogP contribution in [0.2, 0.25) is 0 Å². The molecule has 1 aromatic carbocycles. The number of non-ortho nitro benzene ring substituents is 1. The van der Waals surface area contributed by atoms with Gasteiger partial charge in [0, 0.05) is 38.2 Å². The molecule has 0 aliphatic carbocycles. The highest BCUT2D eigenvalue weighted by Gasteiger charge is 2.13. The van der Waals surface area contributed by atoms with Gasteiger partial charge in [-0.1, -0.05) is 0 Å². The minimum atomic E-state index is -0.429. The summed E-state index contributed by atoms with van der Waals surface area (Å²) in [6, 6.07) is 4.54. The van der Waals surface area contributed by atoms with Crippen LogP contribution in [-0.2, 0) is 4.74 Å². The van der Waals surface area contributed by atoms with Gasteiger partial charge in [0.1, 0.15) is 0 Å². The van der Waals surface area contributed by atoms with Crippen LogP contribution < -0.4 is 4.90 Å². The first kappa shape index (κ1) is 14.5. The summed E-state index contributed by atoms with van der Waals surface area (Å²) in [7, 11) is 1.63. The highest BCUT2D eigenvalue weighted by Crippen LogP contribution is 2.22. The van der Waals surface area contributed by atoms with E-state index in [1.54, 1.807) is 13.2 Å². The van der Waals surface area contributed by atoms with Crippen LogP contribution in [0.1, 0.15) is 0 Å². The van der Waals surface area contributed by atoms with Crippen molar-refractivity contribution in [2.45, 2.75) is 0 Å². The third kappa shape index (κ3) is 3.17. The number of ether oxygens (including phenoxy) is 1. The lowest BCUT2D eigenvalue weighted by molar-refractivity contribution is -0.384. The van der Waals surface area contributed by atoms with Gasteiger partial charge in [-0.3, -0.25) is 10.1 Å². The third-order valence-electron chi connectivity index (χ3n) is 2.88. The number of anilines is 1. The highest BCUT2D eigenvalue weighted by atomic mass is 35.5. The van der Waals surface area contributed by atoms with Crippen LogP contribution in [0.3, 0.4) is 0 Å². The van der Waals surface area contributed by atoms with Gasteiger partial charge in [0.15, 0.2) is 0 Å². The van der Waals surface area contributed by atoms with Gasteiger partial charge in [0.2, 0.25) is 5.95 Å². The Balaban J connectivity index is 2.30. The number of benzene rings is 1. The Hall–Kier alpha value is -1.86. The van der Waals surface area contributed by atoms with Crippen molar-refractivity contribution >= 4 is 34.3 Å². The molecule has 0 aliphatic heterocycles. The van der Waals surface area contributed by atoms with E-state index in [9.17, 15) is 10.1 Å². The fourth-order valence-electron chi connectivity index (χ4n) is 1.87. The first-order valence-corrected chi connectivity index (χ1v) is 6.63. The Morgan fingerprint density at radius 2 is 2.30 bits per heavy atom. The molecule has 2 aromatic rings. The summed E-state index contributed by atoms with van der Waals surface area (Å²) in [6.07, 6.45) is 0. The summed E-state index contributed by atoms with van der Waals surface area (Å²) in [5, 5.41) is 10.8. The summed E-state index contributed by atoms with van der Waals surface area (Å²) in [6.45, 7) is 1.81. The van der Waals surface area contributed by atoms with Gasteiger partial charge in [-0.15, -0.1) is 11.6 Å². The number of rotatable bonds is 7. The van der Waals surface area contributed by atoms with E-state index in [0.717, 1.165) is 0 Å². The van der Waals surface area contributed by atoms with Crippen LogP contribution in [-0.4, -0.2) is 47.6 Å². The topological polar surface area (TPSA) is 84.3 Å². The van der Waals surface area contributed by atoms with Gasteiger partial charge in [0.05, 0.1) is 22.6 Å². The molecule has 0 aliphatic rings. The second-order valence-corrected chi connectivity index (χ2v) is 4.57. The van der Waals surface area contributed by atoms with Crippen LogP contribution in [0.5, 0.6) is 0 Å². The molecular formula is C12H15ClN4O3. The number of methoxy groups -OCH3 is 1. The van der Waals surface area contributed by atoms with Crippen LogP contribution in [0.25, 0.3) is 11.0 Å². The van der Waals surface area contributed by atoms with Crippen LogP contribution in [0.4, 0.5) is 11.6 Å². The molecule has 108 valence electrons. The molecule has 1 aromatic heterocycles. The van der Waals surface area contributed by atoms with Crippen LogP contribution in [0.15, 0.2) is 18.2 Å². The Bertz CT molecular complexity index is 601. The number of nitrogens with one attached hydrogen (secondary N) is 1. The average Bonchev–Trinajstić information content (AvgIpc) is 2.85. The highest BCUT2D eigenvalue weighted by molar-refractivity contribution is 6.18. The number of hydrogen-bond donors (Lipinski definition) is 1. The number of hydrogen-bond acceptors (Lipinski definition) is 5. The maximum absolute atomic E-state index is 10.8. The predicted octanol–water partition coefficient (Wildman–Crippen LogP) is 2.16. The summed E-state index contributed by atoms with van der Waals surface area (Å²) < 4.78 is 5.05. The first-order valence-electron chi connectivity index (χ1n) is 6.09. The Labute approximate surface area is 120 Å². The minimum absolute atomic E-state index is 0.0356. The standard InChI is InChI=1S/C12H15ClN4O3/c1-20-7-6-16(5-4-13)12-14-10-3-2-9(17(18)19)8-11(10)15-12/h2-3,8H,4-7H2,1H3,(H,14,15). The van der Waals surface area contributed by atoms with Gasteiger partial charge in [-0.2, -0.15) is 0 Å². The normalized spacial score (nSPS) is 10.9. The van der Waals surface area contributed by atoms with E-state index < -0.39 is 4.92 Å². The summed E-state index contributed by atoms with van der Waals surface area (Å²) in [5.41, 5.74) is 1.35. The maximum Gasteiger partial charge on any atom is 0.271 e. The van der Waals surface area contributed by atoms with Crippen molar-refractivity contribution in [1.29, 1.82) is 0 Å². The van der Waals surface area contributed by atoms with Gasteiger partial charge < -0.3 is 14.6 Å². The number of H-pyrrole nitrogens is 1. The molecule has 8 heteroatoms. The number of halogens is 1. The van der Waals surface area contributed by atoms with Gasteiger partial charge in [0.25, 0.3) is 5.69 Å². The lowest BCUT2D eigenvalue weighted by Crippen LogP contribution is -2.30. The molecule has 2 rings (SSSR count). The van der Waals surface area contributed by atoms with E-state index >= 15 is 0 Å². The molecule has 0 amide bonds. The van der Waals surface area contributed by atoms with Crippen molar-refractivity contribution in [3.05, 3.63) is 28.3 Å². The number of nitro groups is 1. The van der Waals surface area contributed by atoms with E-state index in [1.807, 2.05) is 4.90 Å². The molecule has 0 unspecified atom stereocenters. The fourth-order valence-corrected chi connectivity index (χ4v) is 2.08. The molecule has 0 spiro atoms. The predicted molar refractivity (Wildman–Crippen MR) is 77.6 cm³/mol. The number of aromatic nitrogens is 2. The molecule has 0 saturated carbocycles. The SMILES string of the molecule is COCCN(CCCl)c1nc2ccc([N+](=O)[O-])cc2[nH]1. The van der Waals surface area contributed by atoms with Crippen molar-refractivity contribution in [2.75, 3.05) is 37.6 Å². The molecule has 0 radical (unpaired) electrons. The van der Waals surface area contributed by atoms with E-state index in [-0.39, 0.29) is 5.69 Å². The summed E-state index contributed by atoms with van der Waals surface area (Å²) >= 11 is 5.78. The largest absolute Gasteiger partial charge is 0.383 e. The number of alkyl halides is 1. The van der Waals surface area contributed by atoms with E-state index in [0.29, 0.717) is 42.6 Å². The Morgan fingerprint density at radius 1 is 1.50 bits per heavy atom. The minimum Gasteiger partial charge on any atom is -0.383 e. The number of fused-ring (bicyclic) bond motifs is 1. The van der Waals surface area contributed by atoms with E-state index in [1.165, 1.54) is 12.1 Å². The Kier molecular flexibility index (Phi) is 4.75. The molecule has 0 bridgehead atoms. The zero-order valence-electron chi connectivity index (χ0n) is 11.0. The van der Waals surface area contributed by atoms with Crippen LogP contribution >= 0.6 is 11.6 Å². The second-order valence-electron chi connectivity index (χ2n) is 4.19. The quantitative estimate of drug-likeness (QED) is 0.481. The van der Waals surface area contributed by atoms with E-state index in [4.69, 9.17) is 16.3 Å².